The quantitative estimate of drug-likeness (QED) is 0.426. The highest BCUT2D eigenvalue weighted by atomic mass is 32.2. The summed E-state index contributed by atoms with van der Waals surface area (Å²) >= 11 is 0. The number of ether oxygens (including phenoxy) is 3. The monoisotopic (exact) mass is 538 g/mol. The predicted octanol–water partition coefficient (Wildman–Crippen LogP) is 4.45. The van der Waals surface area contributed by atoms with Crippen LogP contribution in [0.4, 0.5) is 5.69 Å². The van der Waals surface area contributed by atoms with Gasteiger partial charge in [-0.3, -0.25) is 9.10 Å². The van der Waals surface area contributed by atoms with E-state index < -0.39 is 22.0 Å². The highest BCUT2D eigenvalue weighted by Crippen LogP contribution is 2.40. The minimum absolute atomic E-state index is 0.151. The number of sulfonamides is 1. The SMILES string of the molecule is COc1ccc(OCCNC(=O)[C@H]2CN(S(=O)(=O)c3ccc(C)cc3)c3cc(C(C)(C)C)ccc3O2)cc1. The maximum atomic E-state index is 13.8. The average molecular weight is 539 g/mol. The van der Waals surface area contributed by atoms with Crippen LogP contribution in [-0.2, 0) is 20.2 Å². The number of anilines is 1. The number of amides is 1. The van der Waals surface area contributed by atoms with E-state index in [9.17, 15) is 13.2 Å². The van der Waals surface area contributed by atoms with Crippen LogP contribution in [0.3, 0.4) is 0 Å². The van der Waals surface area contributed by atoms with Crippen LogP contribution < -0.4 is 23.8 Å². The van der Waals surface area contributed by atoms with Gasteiger partial charge in [0.15, 0.2) is 6.10 Å². The summed E-state index contributed by atoms with van der Waals surface area (Å²) in [6, 6.07) is 19.3. The Morgan fingerprint density at radius 3 is 2.32 bits per heavy atom. The molecule has 1 aliphatic heterocycles. The first-order valence-corrected chi connectivity index (χ1v) is 13.9. The second kappa shape index (κ2) is 10.9. The number of carbonyl (C=O) groups excluding carboxylic acids is 1. The number of nitrogens with zero attached hydrogens (tertiary/aromatic N) is 1. The van der Waals surface area contributed by atoms with Crippen molar-refractivity contribution in [3.63, 3.8) is 0 Å². The minimum Gasteiger partial charge on any atom is -0.497 e. The third-order valence-corrected chi connectivity index (χ3v) is 8.12. The number of rotatable bonds is 8. The molecule has 0 saturated heterocycles. The summed E-state index contributed by atoms with van der Waals surface area (Å²) in [5.74, 6) is 1.29. The van der Waals surface area contributed by atoms with Crippen LogP contribution >= 0.6 is 0 Å². The maximum Gasteiger partial charge on any atom is 0.264 e. The van der Waals surface area contributed by atoms with Crippen molar-refractivity contribution in [1.29, 1.82) is 0 Å². The summed E-state index contributed by atoms with van der Waals surface area (Å²) in [5, 5.41) is 2.80. The number of methoxy groups -OCH3 is 1. The summed E-state index contributed by atoms with van der Waals surface area (Å²) in [7, 11) is -2.36. The molecule has 0 aliphatic carbocycles. The summed E-state index contributed by atoms with van der Waals surface area (Å²) in [6.45, 7) is 8.38. The standard InChI is InChI=1S/C29H34N2O6S/c1-20-6-13-24(14-7-20)38(33,34)31-19-27(37-26-15-8-21(18-25(26)31)29(2,3)4)28(32)30-16-17-36-23-11-9-22(35-5)10-12-23/h6-15,18,27H,16-17,19H2,1-5H3,(H,30,32)/t27-/m1/s1. The molecular formula is C29H34N2O6S. The molecule has 3 aromatic rings. The van der Waals surface area contributed by atoms with E-state index in [4.69, 9.17) is 14.2 Å². The van der Waals surface area contributed by atoms with Crippen LogP contribution in [0.15, 0.2) is 71.6 Å². The number of hydrogen-bond acceptors (Lipinski definition) is 6. The molecule has 9 heteroatoms. The average Bonchev–Trinajstić information content (AvgIpc) is 2.90. The minimum atomic E-state index is -3.95. The number of carbonyl (C=O) groups is 1. The summed E-state index contributed by atoms with van der Waals surface area (Å²) < 4.78 is 45.6. The van der Waals surface area contributed by atoms with E-state index in [1.807, 2.05) is 19.1 Å². The molecule has 1 atom stereocenters. The number of fused-ring (bicyclic) bond motifs is 1. The Morgan fingerprint density at radius 2 is 1.68 bits per heavy atom. The lowest BCUT2D eigenvalue weighted by Gasteiger charge is -2.36. The Morgan fingerprint density at radius 1 is 1.03 bits per heavy atom. The Kier molecular flexibility index (Phi) is 7.87. The van der Waals surface area contributed by atoms with Crippen molar-refractivity contribution in [2.24, 2.45) is 0 Å². The van der Waals surface area contributed by atoms with E-state index in [2.05, 4.69) is 26.1 Å². The van der Waals surface area contributed by atoms with Crippen LogP contribution in [-0.4, -0.2) is 47.2 Å². The van der Waals surface area contributed by atoms with Gasteiger partial charge in [-0.05, 0) is 66.4 Å². The van der Waals surface area contributed by atoms with Gasteiger partial charge in [-0.2, -0.15) is 0 Å². The molecule has 0 fully saturated rings. The van der Waals surface area contributed by atoms with Gasteiger partial charge in [-0.1, -0.05) is 44.5 Å². The van der Waals surface area contributed by atoms with E-state index in [0.717, 1.165) is 16.9 Å². The fraction of sp³-hybridized carbons (Fsp3) is 0.345. The lowest BCUT2D eigenvalue weighted by molar-refractivity contribution is -0.127. The Labute approximate surface area is 224 Å². The van der Waals surface area contributed by atoms with Crippen molar-refractivity contribution >= 4 is 21.6 Å². The van der Waals surface area contributed by atoms with Gasteiger partial charge in [-0.15, -0.1) is 0 Å². The lowest BCUT2D eigenvalue weighted by atomic mass is 9.86. The molecule has 3 aromatic carbocycles. The molecule has 8 nitrogen and oxygen atoms in total. The first kappa shape index (κ1) is 27.3. The second-order valence-corrected chi connectivity index (χ2v) is 12.1. The molecule has 0 bridgehead atoms. The number of nitrogens with one attached hydrogen (secondary N) is 1. The van der Waals surface area contributed by atoms with E-state index in [-0.39, 0.29) is 30.0 Å². The lowest BCUT2D eigenvalue weighted by Crippen LogP contribution is -2.51. The van der Waals surface area contributed by atoms with Gasteiger partial charge in [0.25, 0.3) is 15.9 Å². The second-order valence-electron chi connectivity index (χ2n) is 10.2. The van der Waals surface area contributed by atoms with Crippen LogP contribution in [0.25, 0.3) is 0 Å². The zero-order valence-electron chi connectivity index (χ0n) is 22.4. The zero-order chi connectivity index (χ0) is 27.5. The number of benzene rings is 3. The van der Waals surface area contributed by atoms with Gasteiger partial charge in [0.1, 0.15) is 23.9 Å². The van der Waals surface area contributed by atoms with Gasteiger partial charge in [0.2, 0.25) is 0 Å². The smallest absolute Gasteiger partial charge is 0.264 e. The predicted molar refractivity (Wildman–Crippen MR) is 147 cm³/mol. The molecule has 202 valence electrons. The highest BCUT2D eigenvalue weighted by Gasteiger charge is 2.38. The normalized spacial score (nSPS) is 15.3. The highest BCUT2D eigenvalue weighted by molar-refractivity contribution is 7.92. The Balaban J connectivity index is 1.52. The Hall–Kier alpha value is -3.72. The van der Waals surface area contributed by atoms with E-state index >= 15 is 0 Å². The van der Waals surface area contributed by atoms with Crippen molar-refractivity contribution in [1.82, 2.24) is 5.32 Å². The molecule has 38 heavy (non-hydrogen) atoms. The van der Waals surface area contributed by atoms with E-state index in [0.29, 0.717) is 17.2 Å². The molecular weight excluding hydrogens is 504 g/mol. The summed E-state index contributed by atoms with van der Waals surface area (Å²) in [5.41, 5.74) is 2.13. The maximum absolute atomic E-state index is 13.8. The first-order chi connectivity index (χ1) is 18.0. The first-order valence-electron chi connectivity index (χ1n) is 12.4. The van der Waals surface area contributed by atoms with Crippen LogP contribution in [0.5, 0.6) is 17.2 Å². The van der Waals surface area contributed by atoms with Crippen molar-refractivity contribution in [3.8, 4) is 17.2 Å². The van der Waals surface area contributed by atoms with Crippen LogP contribution in [0.1, 0.15) is 31.9 Å². The van der Waals surface area contributed by atoms with Crippen molar-refractivity contribution in [2.75, 3.05) is 31.1 Å². The molecule has 0 unspecified atom stereocenters. The van der Waals surface area contributed by atoms with Gasteiger partial charge < -0.3 is 19.5 Å². The molecule has 4 rings (SSSR count). The van der Waals surface area contributed by atoms with Crippen LogP contribution in [0.2, 0.25) is 0 Å². The van der Waals surface area contributed by atoms with Crippen molar-refractivity contribution < 1.29 is 27.4 Å². The molecule has 0 spiro atoms. The van der Waals surface area contributed by atoms with Gasteiger partial charge >= 0.3 is 0 Å². The summed E-state index contributed by atoms with van der Waals surface area (Å²) in [4.78, 5) is 13.2. The third-order valence-electron chi connectivity index (χ3n) is 6.33. The molecule has 0 radical (unpaired) electrons. The fourth-order valence-electron chi connectivity index (χ4n) is 4.05. The van der Waals surface area contributed by atoms with Crippen LogP contribution in [0, 0.1) is 6.92 Å². The molecule has 1 N–H and O–H groups in total. The Bertz CT molecular complexity index is 1380. The van der Waals surface area contributed by atoms with Gasteiger partial charge in [-0.25, -0.2) is 8.42 Å². The number of aryl methyl sites for hydroxylation is 1. The molecule has 1 aliphatic rings. The zero-order valence-corrected chi connectivity index (χ0v) is 23.2. The molecule has 0 saturated carbocycles. The molecule has 1 heterocycles. The third kappa shape index (κ3) is 6.05. The van der Waals surface area contributed by atoms with Crippen molar-refractivity contribution in [3.05, 3.63) is 77.9 Å². The topological polar surface area (TPSA) is 94.2 Å². The molecule has 0 aromatic heterocycles. The fourth-order valence-corrected chi connectivity index (χ4v) is 5.52. The molecule has 1 amide bonds. The van der Waals surface area contributed by atoms with E-state index in [1.54, 1.807) is 61.7 Å². The van der Waals surface area contributed by atoms with Crippen molar-refractivity contribution in [2.45, 2.75) is 44.1 Å². The van der Waals surface area contributed by atoms with Gasteiger partial charge in [0.05, 0.1) is 30.8 Å². The van der Waals surface area contributed by atoms with E-state index in [1.165, 1.54) is 4.31 Å². The largest absolute Gasteiger partial charge is 0.497 e. The summed E-state index contributed by atoms with van der Waals surface area (Å²) in [6.07, 6.45) is -1.02. The van der Waals surface area contributed by atoms with Gasteiger partial charge in [0, 0.05) is 0 Å². The number of hydrogen-bond donors (Lipinski definition) is 1.